The third-order valence-electron chi connectivity index (χ3n) is 6.95. The molecular formula is C27H31N7O3. The summed E-state index contributed by atoms with van der Waals surface area (Å²) in [7, 11) is 0. The Morgan fingerprint density at radius 1 is 1.00 bits per heavy atom. The maximum Gasteiger partial charge on any atom is 0.255 e. The molecule has 192 valence electrons. The van der Waals surface area contributed by atoms with E-state index in [2.05, 4.69) is 10.3 Å². The number of carbonyl (C=O) groups is 3. The molecule has 0 radical (unpaired) electrons. The molecule has 10 nitrogen and oxygen atoms in total. The van der Waals surface area contributed by atoms with Gasteiger partial charge in [0, 0.05) is 44.0 Å². The van der Waals surface area contributed by atoms with Gasteiger partial charge < -0.3 is 15.1 Å². The lowest BCUT2D eigenvalue weighted by Gasteiger charge is -2.28. The van der Waals surface area contributed by atoms with Crippen molar-refractivity contribution in [3.8, 4) is 11.4 Å². The van der Waals surface area contributed by atoms with E-state index in [4.69, 9.17) is 10.1 Å². The minimum absolute atomic E-state index is 0.0503. The van der Waals surface area contributed by atoms with Crippen molar-refractivity contribution in [2.75, 3.05) is 19.6 Å². The van der Waals surface area contributed by atoms with Gasteiger partial charge in [0.05, 0.1) is 18.2 Å². The van der Waals surface area contributed by atoms with Crippen molar-refractivity contribution in [2.45, 2.75) is 51.2 Å². The van der Waals surface area contributed by atoms with E-state index >= 15 is 0 Å². The number of amides is 3. The second-order valence-electron chi connectivity index (χ2n) is 9.50. The highest BCUT2D eigenvalue weighted by Crippen LogP contribution is 2.23. The third kappa shape index (κ3) is 5.37. The van der Waals surface area contributed by atoms with Crippen LogP contribution in [0.1, 0.15) is 54.8 Å². The van der Waals surface area contributed by atoms with Crippen molar-refractivity contribution in [1.29, 1.82) is 0 Å². The Morgan fingerprint density at radius 2 is 1.84 bits per heavy atom. The molecule has 1 saturated heterocycles. The summed E-state index contributed by atoms with van der Waals surface area (Å²) >= 11 is 0. The zero-order valence-electron chi connectivity index (χ0n) is 20.9. The van der Waals surface area contributed by atoms with E-state index in [9.17, 15) is 14.4 Å². The Morgan fingerprint density at radius 3 is 2.62 bits per heavy atom. The van der Waals surface area contributed by atoms with E-state index < -0.39 is 12.1 Å². The van der Waals surface area contributed by atoms with Crippen LogP contribution in [-0.4, -0.2) is 72.9 Å². The monoisotopic (exact) mass is 501 g/mol. The highest BCUT2D eigenvalue weighted by atomic mass is 16.2. The van der Waals surface area contributed by atoms with E-state index in [0.29, 0.717) is 56.2 Å². The number of carbonyl (C=O) groups excluding carboxylic acids is 3. The average Bonchev–Trinajstić information content (AvgIpc) is 3.59. The number of benzene rings is 1. The summed E-state index contributed by atoms with van der Waals surface area (Å²) in [4.78, 5) is 51.8. The lowest BCUT2D eigenvalue weighted by Crippen LogP contribution is -2.47. The van der Waals surface area contributed by atoms with Crippen molar-refractivity contribution in [3.63, 3.8) is 0 Å². The van der Waals surface area contributed by atoms with Crippen LogP contribution >= 0.6 is 0 Å². The molecule has 4 heterocycles. The molecule has 1 N–H and O–H groups in total. The number of rotatable bonds is 2. The second-order valence-corrected chi connectivity index (χ2v) is 9.50. The number of aromatic nitrogens is 4. The van der Waals surface area contributed by atoms with Gasteiger partial charge in [-0.3, -0.25) is 19.4 Å². The number of hydrogen-bond acceptors (Lipinski definition) is 6. The SMILES string of the molecule is C[C@@H]1NC(=O)[C@@H]2CCCN2C(=O)CCCN(C(=O)c2cccnc2)CCn2nc(-c3ccccc3)nc21. The van der Waals surface area contributed by atoms with E-state index in [-0.39, 0.29) is 24.1 Å². The molecule has 5 rings (SSSR count). The Hall–Kier alpha value is -4.08. The van der Waals surface area contributed by atoms with E-state index in [1.807, 2.05) is 37.3 Å². The average molecular weight is 502 g/mol. The summed E-state index contributed by atoms with van der Waals surface area (Å²) in [6.07, 6.45) is 5.40. The Balaban J connectivity index is 1.48. The lowest BCUT2D eigenvalue weighted by atomic mass is 10.1. The van der Waals surface area contributed by atoms with Crippen LogP contribution in [0.15, 0.2) is 54.9 Å². The number of pyridine rings is 1. The maximum atomic E-state index is 13.3. The smallest absolute Gasteiger partial charge is 0.255 e. The fourth-order valence-electron chi connectivity index (χ4n) is 5.03. The van der Waals surface area contributed by atoms with Gasteiger partial charge in [-0.05, 0) is 38.3 Å². The molecule has 0 spiro atoms. The molecule has 0 aliphatic carbocycles. The van der Waals surface area contributed by atoms with Crippen LogP contribution in [0.2, 0.25) is 0 Å². The molecule has 0 bridgehead atoms. The molecule has 37 heavy (non-hydrogen) atoms. The highest BCUT2D eigenvalue weighted by molar-refractivity contribution is 5.94. The van der Waals surface area contributed by atoms with Gasteiger partial charge in [-0.25, -0.2) is 9.67 Å². The summed E-state index contributed by atoms with van der Waals surface area (Å²) in [5, 5.41) is 7.81. The van der Waals surface area contributed by atoms with Gasteiger partial charge in [0.15, 0.2) is 5.82 Å². The van der Waals surface area contributed by atoms with Crippen LogP contribution in [0.25, 0.3) is 11.4 Å². The van der Waals surface area contributed by atoms with Gasteiger partial charge in [0.25, 0.3) is 5.91 Å². The molecule has 0 unspecified atom stereocenters. The van der Waals surface area contributed by atoms with Crippen LogP contribution in [0, 0.1) is 0 Å². The maximum absolute atomic E-state index is 13.3. The Bertz CT molecular complexity index is 1260. The summed E-state index contributed by atoms with van der Waals surface area (Å²) in [5.41, 5.74) is 1.37. The van der Waals surface area contributed by atoms with E-state index in [1.54, 1.807) is 39.0 Å². The first-order chi connectivity index (χ1) is 18.0. The summed E-state index contributed by atoms with van der Waals surface area (Å²) in [5.74, 6) is 0.806. The molecule has 1 fully saturated rings. The first-order valence-electron chi connectivity index (χ1n) is 12.8. The number of nitrogens with zero attached hydrogens (tertiary/aromatic N) is 6. The Labute approximate surface area is 215 Å². The molecule has 2 aromatic heterocycles. The van der Waals surface area contributed by atoms with Crippen LogP contribution in [0.3, 0.4) is 0 Å². The van der Waals surface area contributed by atoms with Crippen molar-refractivity contribution in [2.24, 2.45) is 0 Å². The fraction of sp³-hybridized carbons (Fsp3) is 0.407. The predicted molar refractivity (Wildman–Crippen MR) is 136 cm³/mol. The minimum atomic E-state index is -0.490. The molecule has 0 saturated carbocycles. The lowest BCUT2D eigenvalue weighted by molar-refractivity contribution is -0.138. The first-order valence-corrected chi connectivity index (χ1v) is 12.8. The van der Waals surface area contributed by atoms with Gasteiger partial charge in [-0.15, -0.1) is 0 Å². The quantitative estimate of drug-likeness (QED) is 0.577. The van der Waals surface area contributed by atoms with Crippen molar-refractivity contribution in [1.82, 2.24) is 34.9 Å². The van der Waals surface area contributed by atoms with Crippen molar-refractivity contribution in [3.05, 3.63) is 66.2 Å². The topological polar surface area (TPSA) is 113 Å². The zero-order chi connectivity index (χ0) is 25.8. The second kappa shape index (κ2) is 10.9. The standard InChI is InChI=1S/C27H31N7O3/c1-19-25-30-24(20-8-3-2-4-9-20)31-34(25)17-16-32(27(37)21-10-5-13-28-18-21)14-7-12-23(35)33-15-6-11-22(33)26(36)29-19/h2-5,8-10,13,18-19,22H,6-7,11-12,14-17H2,1H3,(H,29,36)/t19-,22-/m0/s1. The fourth-order valence-corrected chi connectivity index (χ4v) is 5.03. The van der Waals surface area contributed by atoms with Crippen LogP contribution in [0.4, 0.5) is 0 Å². The van der Waals surface area contributed by atoms with Gasteiger partial charge in [-0.1, -0.05) is 30.3 Å². The van der Waals surface area contributed by atoms with Crippen molar-refractivity contribution >= 4 is 17.7 Å². The molecule has 2 atom stereocenters. The van der Waals surface area contributed by atoms with Gasteiger partial charge >= 0.3 is 0 Å². The molecule has 1 aromatic carbocycles. The third-order valence-corrected chi connectivity index (χ3v) is 6.95. The summed E-state index contributed by atoms with van der Waals surface area (Å²) in [6, 6.07) is 12.2. The van der Waals surface area contributed by atoms with Crippen LogP contribution in [0.5, 0.6) is 0 Å². The molecule has 10 heteroatoms. The van der Waals surface area contributed by atoms with E-state index in [1.165, 1.54) is 0 Å². The molecule has 2 aliphatic heterocycles. The first kappa shape index (κ1) is 24.6. The highest BCUT2D eigenvalue weighted by Gasteiger charge is 2.35. The van der Waals surface area contributed by atoms with Gasteiger partial charge in [-0.2, -0.15) is 5.10 Å². The number of nitrogens with one attached hydrogen (secondary N) is 1. The van der Waals surface area contributed by atoms with Gasteiger partial charge in [0.2, 0.25) is 11.8 Å². The molecule has 2 aliphatic rings. The summed E-state index contributed by atoms with van der Waals surface area (Å²) in [6.45, 7) is 3.62. The zero-order valence-corrected chi connectivity index (χ0v) is 20.9. The molecular weight excluding hydrogens is 470 g/mol. The van der Waals surface area contributed by atoms with E-state index in [0.717, 1.165) is 12.0 Å². The predicted octanol–water partition coefficient (Wildman–Crippen LogP) is 2.44. The minimum Gasteiger partial charge on any atom is -0.345 e. The normalized spacial score (nSPS) is 21.1. The van der Waals surface area contributed by atoms with Crippen LogP contribution < -0.4 is 5.32 Å². The largest absolute Gasteiger partial charge is 0.345 e. The molecule has 3 aromatic rings. The Kier molecular flexibility index (Phi) is 7.25. The number of hydrogen-bond donors (Lipinski definition) is 1. The summed E-state index contributed by atoms with van der Waals surface area (Å²) < 4.78 is 1.78. The van der Waals surface area contributed by atoms with Crippen molar-refractivity contribution < 1.29 is 14.4 Å². The van der Waals surface area contributed by atoms with Crippen LogP contribution in [-0.2, 0) is 16.1 Å². The number of fused-ring (bicyclic) bond motifs is 2. The molecule has 3 amide bonds. The van der Waals surface area contributed by atoms with Gasteiger partial charge in [0.1, 0.15) is 11.9 Å².